The summed E-state index contributed by atoms with van der Waals surface area (Å²) >= 11 is 8.17. The number of unbranched alkanes of at least 4 members (excludes halogenated alkanes) is 1. The Balaban J connectivity index is 0.000000886. The minimum absolute atomic E-state index is 0. The van der Waals surface area contributed by atoms with Gasteiger partial charge in [-0.2, -0.15) is 0 Å². The SMILES string of the molecule is CC(C)[N-]C(C)C.CCCCc1ncc(/C=C(\Cc2cccs2)C(C)C(=O)OCC)n1Cc1ccccc1Cl.[Li+]. The Kier molecular flexibility index (Phi) is 17.5. The zero-order chi connectivity index (χ0) is 28.8. The van der Waals surface area contributed by atoms with Crippen molar-refractivity contribution >= 4 is 35.0 Å². The molecule has 0 aliphatic rings. The van der Waals surface area contributed by atoms with Crippen molar-refractivity contribution in [3.05, 3.63) is 85.8 Å². The number of aromatic nitrogens is 2. The van der Waals surface area contributed by atoms with Crippen LogP contribution in [0.5, 0.6) is 0 Å². The normalized spacial score (nSPS) is 12.1. The van der Waals surface area contributed by atoms with E-state index in [1.807, 2.05) is 50.4 Å². The van der Waals surface area contributed by atoms with Gasteiger partial charge >= 0.3 is 24.8 Å². The summed E-state index contributed by atoms with van der Waals surface area (Å²) in [4.78, 5) is 18.5. The van der Waals surface area contributed by atoms with Gasteiger partial charge in [-0.25, -0.2) is 4.98 Å². The third kappa shape index (κ3) is 12.4. The number of esters is 1. The second kappa shape index (κ2) is 19.3. The van der Waals surface area contributed by atoms with Gasteiger partial charge in [0.15, 0.2) is 0 Å². The predicted octanol–water partition coefficient (Wildman–Crippen LogP) is 6.00. The van der Waals surface area contributed by atoms with Gasteiger partial charge in [-0.05, 0) is 55.0 Å². The maximum absolute atomic E-state index is 12.6. The van der Waals surface area contributed by atoms with Gasteiger partial charge in [0.1, 0.15) is 5.82 Å². The van der Waals surface area contributed by atoms with E-state index in [4.69, 9.17) is 21.3 Å². The van der Waals surface area contributed by atoms with E-state index in [0.29, 0.717) is 31.7 Å². The van der Waals surface area contributed by atoms with Gasteiger partial charge in [-0.3, -0.25) is 4.79 Å². The molecule has 3 rings (SSSR count). The molecule has 0 saturated carbocycles. The molecule has 0 bridgehead atoms. The first kappa shape index (κ1) is 36.2. The molecule has 3 aromatic rings. The molecule has 0 spiro atoms. The van der Waals surface area contributed by atoms with Crippen molar-refractivity contribution in [1.29, 1.82) is 0 Å². The second-order valence-electron chi connectivity index (χ2n) is 10.2. The van der Waals surface area contributed by atoms with Gasteiger partial charge in [-0.1, -0.05) is 76.9 Å². The fourth-order valence-corrected chi connectivity index (χ4v) is 5.14. The number of thiophene rings is 1. The number of carbonyl (C=O) groups excluding carboxylic acids is 1. The van der Waals surface area contributed by atoms with E-state index in [2.05, 4.69) is 62.0 Å². The third-order valence-electron chi connectivity index (χ3n) is 6.09. The van der Waals surface area contributed by atoms with Gasteiger partial charge in [-0.15, -0.1) is 23.4 Å². The monoisotopic (exact) mass is 577 g/mol. The average molecular weight is 578 g/mol. The van der Waals surface area contributed by atoms with Crippen molar-refractivity contribution in [3.63, 3.8) is 0 Å². The van der Waals surface area contributed by atoms with Crippen LogP contribution in [0.3, 0.4) is 0 Å². The van der Waals surface area contributed by atoms with Gasteiger partial charge in [0.2, 0.25) is 0 Å². The van der Waals surface area contributed by atoms with Crippen molar-refractivity contribution in [1.82, 2.24) is 9.55 Å². The number of imidazole rings is 1. The summed E-state index contributed by atoms with van der Waals surface area (Å²) in [5.74, 6) is 0.510. The standard InChI is InChI=1S/C26H31ClN2O2S.C6H14N.Li/c1-4-6-13-25-28-17-22(29(25)18-20-10-7-8-12-24(20)27)15-21(16-23-11-9-14-32-23)19(3)26(30)31-5-2;1-5(2)7-6(3)4;/h7-12,14-15,17,19H,4-6,13,16,18H2,1-3H3;5-6H,1-4H3;/q;-1;+1/b21-15+;;. The van der Waals surface area contributed by atoms with Crippen LogP contribution >= 0.6 is 22.9 Å². The molecule has 2 heterocycles. The Morgan fingerprint density at radius 3 is 2.35 bits per heavy atom. The molecular weight excluding hydrogens is 533 g/mol. The van der Waals surface area contributed by atoms with Crippen LogP contribution in [0.4, 0.5) is 0 Å². The number of aryl methyl sites for hydroxylation is 1. The molecule has 1 aromatic carbocycles. The Labute approximate surface area is 263 Å². The molecule has 40 heavy (non-hydrogen) atoms. The molecule has 0 fully saturated rings. The number of benzene rings is 1. The number of halogens is 1. The van der Waals surface area contributed by atoms with Gasteiger partial charge in [0.25, 0.3) is 0 Å². The Hall–Kier alpha value is -1.81. The molecule has 0 amide bonds. The number of rotatable bonds is 13. The Morgan fingerprint density at radius 1 is 1.10 bits per heavy atom. The summed E-state index contributed by atoms with van der Waals surface area (Å²) in [6.45, 7) is 15.4. The predicted molar refractivity (Wildman–Crippen MR) is 167 cm³/mol. The van der Waals surface area contributed by atoms with Crippen LogP contribution in [-0.4, -0.2) is 34.2 Å². The molecule has 0 aliphatic carbocycles. The average Bonchev–Trinajstić information content (AvgIpc) is 3.53. The van der Waals surface area contributed by atoms with Crippen LogP contribution in [0.1, 0.15) is 83.3 Å². The van der Waals surface area contributed by atoms with Gasteiger partial charge < -0.3 is 14.6 Å². The smallest absolute Gasteiger partial charge is 0.658 e. The van der Waals surface area contributed by atoms with Gasteiger partial charge in [0, 0.05) is 22.7 Å². The summed E-state index contributed by atoms with van der Waals surface area (Å²) in [6.07, 6.45) is 7.81. The number of carbonyl (C=O) groups is 1. The zero-order valence-electron chi connectivity index (χ0n) is 25.6. The van der Waals surface area contributed by atoms with Crippen LogP contribution in [0, 0.1) is 5.92 Å². The van der Waals surface area contributed by atoms with E-state index in [9.17, 15) is 4.79 Å². The molecule has 5 nitrogen and oxygen atoms in total. The van der Waals surface area contributed by atoms with E-state index >= 15 is 0 Å². The third-order valence-corrected chi connectivity index (χ3v) is 7.34. The van der Waals surface area contributed by atoms with Crippen LogP contribution in [0.2, 0.25) is 5.02 Å². The van der Waals surface area contributed by atoms with Gasteiger partial charge in [0.05, 0.1) is 31.0 Å². The quantitative estimate of drug-likeness (QED) is 0.185. The van der Waals surface area contributed by atoms with E-state index in [0.717, 1.165) is 46.9 Å². The molecule has 1 atom stereocenters. The topological polar surface area (TPSA) is 58.2 Å². The number of ether oxygens (including phenoxy) is 1. The van der Waals surface area contributed by atoms with E-state index in [1.54, 1.807) is 11.3 Å². The first-order valence-electron chi connectivity index (χ1n) is 14.0. The van der Waals surface area contributed by atoms with E-state index in [1.165, 1.54) is 4.88 Å². The number of hydrogen-bond acceptors (Lipinski definition) is 4. The molecular formula is C32H45ClLiN3O2S. The largest absolute Gasteiger partial charge is 1.00 e. The fourth-order valence-electron chi connectivity index (χ4n) is 4.21. The zero-order valence-corrected chi connectivity index (χ0v) is 27.2. The molecule has 2 aromatic heterocycles. The van der Waals surface area contributed by atoms with Crippen molar-refractivity contribution in [2.24, 2.45) is 5.92 Å². The molecule has 8 heteroatoms. The molecule has 214 valence electrons. The van der Waals surface area contributed by atoms with Crippen LogP contribution in [-0.2, 0) is 28.9 Å². The molecule has 0 saturated heterocycles. The first-order valence-corrected chi connectivity index (χ1v) is 15.3. The van der Waals surface area contributed by atoms with Crippen molar-refractivity contribution in [2.75, 3.05) is 6.61 Å². The number of hydrogen-bond donors (Lipinski definition) is 0. The molecule has 1 unspecified atom stereocenters. The van der Waals surface area contributed by atoms with Crippen molar-refractivity contribution in [3.8, 4) is 0 Å². The van der Waals surface area contributed by atoms with Crippen LogP contribution in [0.15, 0.2) is 53.5 Å². The Bertz CT molecular complexity index is 1150. The first-order chi connectivity index (χ1) is 18.7. The summed E-state index contributed by atoms with van der Waals surface area (Å²) in [7, 11) is 0. The molecule has 0 N–H and O–H groups in total. The minimum atomic E-state index is -0.334. The maximum Gasteiger partial charge on any atom is 1.00 e. The Morgan fingerprint density at radius 2 is 1.80 bits per heavy atom. The molecule has 0 radical (unpaired) electrons. The summed E-state index contributed by atoms with van der Waals surface area (Å²) in [6, 6.07) is 13.1. The summed E-state index contributed by atoms with van der Waals surface area (Å²) < 4.78 is 7.55. The van der Waals surface area contributed by atoms with Crippen molar-refractivity contribution < 1.29 is 28.4 Å². The fraction of sp³-hybridized carbons (Fsp3) is 0.500. The van der Waals surface area contributed by atoms with E-state index < -0.39 is 0 Å². The van der Waals surface area contributed by atoms with E-state index in [-0.39, 0.29) is 30.7 Å². The molecule has 0 aliphatic heterocycles. The van der Waals surface area contributed by atoms with Crippen molar-refractivity contribution in [2.45, 2.75) is 92.8 Å². The number of nitrogens with zero attached hydrogens (tertiary/aromatic N) is 3. The second-order valence-corrected chi connectivity index (χ2v) is 11.6. The summed E-state index contributed by atoms with van der Waals surface area (Å²) in [5, 5.41) is 7.09. The maximum atomic E-state index is 12.6. The van der Waals surface area contributed by atoms with Crippen LogP contribution in [0.25, 0.3) is 11.4 Å². The minimum Gasteiger partial charge on any atom is -0.658 e. The van der Waals surface area contributed by atoms with Crippen LogP contribution < -0.4 is 18.9 Å². The summed E-state index contributed by atoms with van der Waals surface area (Å²) in [5.41, 5.74) is 3.06.